The normalized spacial score (nSPS) is 13.1. The average molecular weight is 338 g/mol. The first-order chi connectivity index (χ1) is 12.1. The summed E-state index contributed by atoms with van der Waals surface area (Å²) in [7, 11) is 3.35. The van der Waals surface area contributed by atoms with Gasteiger partial charge < -0.3 is 15.1 Å². The number of anilines is 1. The van der Waals surface area contributed by atoms with Crippen LogP contribution in [0.15, 0.2) is 42.6 Å². The Labute approximate surface area is 147 Å². The summed E-state index contributed by atoms with van der Waals surface area (Å²) in [5.74, 6) is -0.0327. The van der Waals surface area contributed by atoms with Crippen molar-refractivity contribution in [2.45, 2.75) is 19.4 Å². The fourth-order valence-electron chi connectivity index (χ4n) is 2.93. The minimum Gasteiger partial charge on any atom is -0.332 e. The number of para-hydroxylation sites is 1. The lowest BCUT2D eigenvalue weighted by Gasteiger charge is -2.29. The molecule has 3 amide bonds. The van der Waals surface area contributed by atoms with E-state index in [9.17, 15) is 9.59 Å². The van der Waals surface area contributed by atoms with Crippen LogP contribution >= 0.6 is 0 Å². The second kappa shape index (κ2) is 7.34. The number of urea groups is 1. The van der Waals surface area contributed by atoms with Crippen LogP contribution in [0, 0.1) is 0 Å². The van der Waals surface area contributed by atoms with Gasteiger partial charge in [-0.1, -0.05) is 18.2 Å². The molecular weight excluding hydrogens is 316 g/mol. The smallest absolute Gasteiger partial charge is 0.317 e. The number of amides is 3. The van der Waals surface area contributed by atoms with Crippen LogP contribution in [0.3, 0.4) is 0 Å². The van der Waals surface area contributed by atoms with Gasteiger partial charge in [0, 0.05) is 38.1 Å². The number of hydrogen-bond acceptors (Lipinski definition) is 3. The van der Waals surface area contributed by atoms with Crippen LogP contribution in [0.25, 0.3) is 0 Å². The van der Waals surface area contributed by atoms with E-state index in [0.717, 1.165) is 18.5 Å². The third-order valence-electron chi connectivity index (χ3n) is 4.25. The van der Waals surface area contributed by atoms with Crippen molar-refractivity contribution in [1.82, 2.24) is 15.2 Å². The van der Waals surface area contributed by atoms with Crippen LogP contribution in [0.4, 0.5) is 10.5 Å². The standard InChI is InChI=1S/C19H22N4O2/c1-22(2)19(25)21-13-16-12-15(9-10-20-16)18(24)23-11-5-7-14-6-3-4-8-17(14)23/h3-4,6,8-10,12H,5,7,11,13H2,1-2H3,(H,21,25). The molecule has 1 aromatic heterocycles. The van der Waals surface area contributed by atoms with Crippen molar-refractivity contribution in [3.8, 4) is 0 Å². The van der Waals surface area contributed by atoms with Crippen LogP contribution < -0.4 is 10.2 Å². The number of rotatable bonds is 3. The first-order valence-electron chi connectivity index (χ1n) is 8.36. The number of pyridine rings is 1. The Balaban J connectivity index is 1.77. The van der Waals surface area contributed by atoms with Gasteiger partial charge in [0.25, 0.3) is 5.91 Å². The summed E-state index contributed by atoms with van der Waals surface area (Å²) in [6.07, 6.45) is 3.57. The third kappa shape index (κ3) is 3.79. The van der Waals surface area contributed by atoms with Crippen molar-refractivity contribution in [1.29, 1.82) is 0 Å². The maximum absolute atomic E-state index is 13.0. The number of fused-ring (bicyclic) bond motifs is 1. The molecule has 0 saturated heterocycles. The van der Waals surface area contributed by atoms with Crippen molar-refractivity contribution >= 4 is 17.6 Å². The molecule has 0 spiro atoms. The highest BCUT2D eigenvalue weighted by molar-refractivity contribution is 6.06. The molecule has 1 aliphatic rings. The van der Waals surface area contributed by atoms with Gasteiger partial charge >= 0.3 is 6.03 Å². The predicted molar refractivity (Wildman–Crippen MR) is 96.6 cm³/mol. The third-order valence-corrected chi connectivity index (χ3v) is 4.25. The second-order valence-electron chi connectivity index (χ2n) is 6.28. The molecule has 0 aliphatic carbocycles. The van der Waals surface area contributed by atoms with E-state index in [1.54, 1.807) is 32.4 Å². The molecule has 6 nitrogen and oxygen atoms in total. The summed E-state index contributed by atoms with van der Waals surface area (Å²) in [5, 5.41) is 2.76. The van der Waals surface area contributed by atoms with Gasteiger partial charge in [-0.25, -0.2) is 4.79 Å². The summed E-state index contributed by atoms with van der Waals surface area (Å²) in [6, 6.07) is 11.3. The molecule has 25 heavy (non-hydrogen) atoms. The van der Waals surface area contributed by atoms with E-state index in [4.69, 9.17) is 0 Å². The molecule has 6 heteroatoms. The monoisotopic (exact) mass is 338 g/mol. The Morgan fingerprint density at radius 2 is 2.04 bits per heavy atom. The molecular formula is C19H22N4O2. The number of carbonyl (C=O) groups excluding carboxylic acids is 2. The van der Waals surface area contributed by atoms with Crippen molar-refractivity contribution in [3.05, 3.63) is 59.4 Å². The van der Waals surface area contributed by atoms with Gasteiger partial charge in [0.15, 0.2) is 0 Å². The second-order valence-corrected chi connectivity index (χ2v) is 6.28. The van der Waals surface area contributed by atoms with Crippen molar-refractivity contribution < 1.29 is 9.59 Å². The van der Waals surface area contributed by atoms with Crippen molar-refractivity contribution in [2.24, 2.45) is 0 Å². The Bertz CT molecular complexity index is 788. The lowest BCUT2D eigenvalue weighted by atomic mass is 10.0. The molecule has 0 saturated carbocycles. The van der Waals surface area contributed by atoms with Gasteiger partial charge in [0.1, 0.15) is 0 Å². The molecule has 0 fully saturated rings. The van der Waals surface area contributed by atoms with Crippen LogP contribution in [-0.2, 0) is 13.0 Å². The first kappa shape index (κ1) is 17.0. The number of hydrogen-bond donors (Lipinski definition) is 1. The summed E-state index contributed by atoms with van der Waals surface area (Å²) < 4.78 is 0. The molecule has 2 heterocycles. The summed E-state index contributed by atoms with van der Waals surface area (Å²) in [5.41, 5.74) is 3.43. The Hall–Kier alpha value is -2.89. The quantitative estimate of drug-likeness (QED) is 0.935. The number of nitrogens with one attached hydrogen (secondary N) is 1. The van der Waals surface area contributed by atoms with Gasteiger partial charge in [0.05, 0.1) is 12.2 Å². The van der Waals surface area contributed by atoms with Crippen LogP contribution in [0.2, 0.25) is 0 Å². The largest absolute Gasteiger partial charge is 0.332 e. The highest BCUT2D eigenvalue weighted by atomic mass is 16.2. The van der Waals surface area contributed by atoms with Gasteiger partial charge in [0.2, 0.25) is 0 Å². The van der Waals surface area contributed by atoms with Crippen molar-refractivity contribution in [2.75, 3.05) is 25.5 Å². The van der Waals surface area contributed by atoms with E-state index >= 15 is 0 Å². The fraction of sp³-hybridized carbons (Fsp3) is 0.316. The van der Waals surface area contributed by atoms with E-state index in [2.05, 4.69) is 16.4 Å². The van der Waals surface area contributed by atoms with Crippen LogP contribution in [0.1, 0.15) is 28.0 Å². The Morgan fingerprint density at radius 3 is 2.84 bits per heavy atom. The summed E-state index contributed by atoms with van der Waals surface area (Å²) in [6.45, 7) is 1.000. The summed E-state index contributed by atoms with van der Waals surface area (Å²) >= 11 is 0. The van der Waals surface area contributed by atoms with Crippen LogP contribution in [0.5, 0.6) is 0 Å². The first-order valence-corrected chi connectivity index (χ1v) is 8.36. The molecule has 0 unspecified atom stereocenters. The van der Waals surface area contributed by atoms with E-state index in [-0.39, 0.29) is 18.5 Å². The van der Waals surface area contributed by atoms with Gasteiger partial charge in [-0.3, -0.25) is 9.78 Å². The van der Waals surface area contributed by atoms with Gasteiger partial charge in [-0.05, 0) is 36.6 Å². The summed E-state index contributed by atoms with van der Waals surface area (Å²) in [4.78, 5) is 32.1. The fourth-order valence-corrected chi connectivity index (χ4v) is 2.93. The van der Waals surface area contributed by atoms with E-state index in [1.165, 1.54) is 10.5 Å². The van der Waals surface area contributed by atoms with Crippen LogP contribution in [-0.4, -0.2) is 42.5 Å². The maximum Gasteiger partial charge on any atom is 0.317 e. The average Bonchev–Trinajstić information content (AvgIpc) is 2.65. The Morgan fingerprint density at radius 1 is 1.24 bits per heavy atom. The van der Waals surface area contributed by atoms with E-state index < -0.39 is 0 Å². The topological polar surface area (TPSA) is 65.5 Å². The zero-order chi connectivity index (χ0) is 17.8. The molecule has 0 atom stereocenters. The number of aryl methyl sites for hydroxylation is 1. The maximum atomic E-state index is 13.0. The highest BCUT2D eigenvalue weighted by Crippen LogP contribution is 2.28. The zero-order valence-corrected chi connectivity index (χ0v) is 14.5. The van der Waals surface area contributed by atoms with Crippen molar-refractivity contribution in [3.63, 3.8) is 0 Å². The zero-order valence-electron chi connectivity index (χ0n) is 14.5. The minimum atomic E-state index is -0.191. The van der Waals surface area contributed by atoms with Gasteiger partial charge in [-0.15, -0.1) is 0 Å². The minimum absolute atomic E-state index is 0.0327. The molecule has 130 valence electrons. The predicted octanol–water partition coefficient (Wildman–Crippen LogP) is 2.45. The lowest BCUT2D eigenvalue weighted by Crippen LogP contribution is -2.36. The number of carbonyl (C=O) groups is 2. The lowest BCUT2D eigenvalue weighted by molar-refractivity contribution is 0.0985. The molecule has 0 bridgehead atoms. The highest BCUT2D eigenvalue weighted by Gasteiger charge is 2.23. The molecule has 3 rings (SSSR count). The van der Waals surface area contributed by atoms with E-state index in [0.29, 0.717) is 17.8 Å². The Kier molecular flexibility index (Phi) is 4.97. The number of aromatic nitrogens is 1. The number of benzene rings is 1. The molecule has 1 aromatic carbocycles. The van der Waals surface area contributed by atoms with E-state index in [1.807, 2.05) is 23.1 Å². The molecule has 2 aromatic rings. The number of nitrogens with zero attached hydrogens (tertiary/aromatic N) is 3. The molecule has 1 aliphatic heterocycles. The SMILES string of the molecule is CN(C)C(=O)NCc1cc(C(=O)N2CCCc3ccccc32)ccn1. The molecule has 0 radical (unpaired) electrons. The van der Waals surface area contributed by atoms with Gasteiger partial charge in [-0.2, -0.15) is 0 Å². The molecule has 1 N–H and O–H groups in total.